The summed E-state index contributed by atoms with van der Waals surface area (Å²) in [6.07, 6.45) is 0. The molecule has 0 aromatic heterocycles. The summed E-state index contributed by atoms with van der Waals surface area (Å²) in [5.74, 6) is 0. The molecule has 0 unspecified atom stereocenters. The summed E-state index contributed by atoms with van der Waals surface area (Å²) < 4.78 is 0. The molecule has 0 aliphatic carbocycles. The van der Waals surface area contributed by atoms with Crippen molar-refractivity contribution in [2.45, 2.75) is 0 Å². The molecule has 0 aliphatic rings. The molecule has 30 valence electrons. The van der Waals surface area contributed by atoms with Crippen LogP contribution >= 0.6 is 0 Å². The Labute approximate surface area is 67.8 Å². The average Bonchev–Trinajstić information content (AvgIpc) is 0. The van der Waals surface area contributed by atoms with Crippen LogP contribution in [0.5, 0.6) is 0 Å². The van der Waals surface area contributed by atoms with Gasteiger partial charge in [-0.15, -0.1) is 0 Å². The Kier molecular flexibility index (Phi) is 177. The Hall–Kier alpha value is 2.08. The standard InChI is InChI=1S/Co.Cr.Mn.H2Se/h;;;1H2. The predicted molar refractivity (Wildman–Crippen MR) is 8.54 cm³/mol. The third kappa shape index (κ3) is 8.95. The van der Waals surface area contributed by atoms with E-state index in [2.05, 4.69) is 0 Å². The third-order valence-electron chi connectivity index (χ3n) is 0. The molecular weight excluding hydrogens is 245 g/mol. The van der Waals surface area contributed by atoms with Crippen LogP contribution in [0.25, 0.3) is 0 Å². The summed E-state index contributed by atoms with van der Waals surface area (Å²) in [4.78, 5) is 0. The van der Waals surface area contributed by atoms with Crippen LogP contribution in [0.1, 0.15) is 0 Å². The Balaban J connectivity index is 0. The monoisotopic (exact) mass is 248 g/mol. The molecule has 0 N–H and O–H groups in total. The Bertz CT molecular complexity index is 8.00. The van der Waals surface area contributed by atoms with Crippen LogP contribution in [0.2, 0.25) is 0 Å². The van der Waals surface area contributed by atoms with Gasteiger partial charge < -0.3 is 0 Å². The molecule has 0 heterocycles. The molecule has 2 radical (unpaired) electrons. The fourth-order valence-corrected chi connectivity index (χ4v) is 0. The average molecular weight is 247 g/mol. The molecule has 0 nitrogen and oxygen atoms in total. The molecule has 0 rings (SSSR count). The van der Waals surface area contributed by atoms with Crippen LogP contribution in [0.15, 0.2) is 0 Å². The molecule has 0 atom stereocenters. The van der Waals surface area contributed by atoms with E-state index in [-0.39, 0.29) is 68.3 Å². The second kappa shape index (κ2) is 19.6. The first-order chi connectivity index (χ1) is 0. The van der Waals surface area contributed by atoms with Crippen molar-refractivity contribution in [3.8, 4) is 0 Å². The van der Waals surface area contributed by atoms with Gasteiger partial charge in [0, 0.05) is 51.2 Å². The first-order valence-corrected chi connectivity index (χ1v) is 0. The van der Waals surface area contributed by atoms with Crippen LogP contribution in [-0.2, 0) is 51.2 Å². The van der Waals surface area contributed by atoms with Crippen molar-refractivity contribution in [1.82, 2.24) is 0 Å². The van der Waals surface area contributed by atoms with E-state index in [0.717, 1.165) is 0 Å². The van der Waals surface area contributed by atoms with Crippen LogP contribution < -0.4 is 0 Å². The summed E-state index contributed by atoms with van der Waals surface area (Å²) in [7, 11) is 0. The first-order valence-electron chi connectivity index (χ1n) is 0. The van der Waals surface area contributed by atoms with Crippen molar-refractivity contribution in [3.05, 3.63) is 0 Å². The molecule has 4 heteroatoms. The van der Waals surface area contributed by atoms with E-state index in [9.17, 15) is 0 Å². The van der Waals surface area contributed by atoms with Crippen molar-refractivity contribution >= 4 is 17.1 Å². The van der Waals surface area contributed by atoms with Gasteiger partial charge in [0.1, 0.15) is 0 Å². The van der Waals surface area contributed by atoms with E-state index in [4.69, 9.17) is 0 Å². The van der Waals surface area contributed by atoms with Crippen LogP contribution in [-0.4, -0.2) is 17.1 Å². The van der Waals surface area contributed by atoms with Gasteiger partial charge in [0.2, 0.25) is 0 Å². The summed E-state index contributed by atoms with van der Waals surface area (Å²) in [6.45, 7) is 0. The fourth-order valence-electron chi connectivity index (χ4n) is 0. The minimum absolute atomic E-state index is 0. The van der Waals surface area contributed by atoms with E-state index in [1.54, 1.807) is 0 Å². The van der Waals surface area contributed by atoms with Gasteiger partial charge in [-0.2, -0.15) is 0 Å². The zero-order chi connectivity index (χ0) is 0. The van der Waals surface area contributed by atoms with Crippen molar-refractivity contribution in [1.29, 1.82) is 0 Å². The molecule has 0 saturated carbocycles. The summed E-state index contributed by atoms with van der Waals surface area (Å²) >= 11 is 0. The minimum atomic E-state index is 0. The topological polar surface area (TPSA) is 0 Å². The van der Waals surface area contributed by atoms with Gasteiger partial charge in [0.15, 0.2) is 0 Å². The normalized spacial score (nSPS) is 0. The van der Waals surface area contributed by atoms with Crippen molar-refractivity contribution < 1.29 is 51.2 Å². The molecular formula is H2CoCrMnSe. The second-order valence-electron chi connectivity index (χ2n) is 0. The van der Waals surface area contributed by atoms with E-state index in [1.165, 1.54) is 0 Å². The molecule has 0 amide bonds. The van der Waals surface area contributed by atoms with E-state index >= 15 is 0 Å². The van der Waals surface area contributed by atoms with Gasteiger partial charge in [-0.1, -0.05) is 0 Å². The van der Waals surface area contributed by atoms with Crippen molar-refractivity contribution in [2.24, 2.45) is 0 Å². The Morgan fingerprint density at radius 2 is 1.00 bits per heavy atom. The molecule has 0 fully saturated rings. The zero-order valence-electron chi connectivity index (χ0n) is 1.62. The van der Waals surface area contributed by atoms with Gasteiger partial charge in [-0.3, -0.25) is 0 Å². The SMILES string of the molecule is [Co].[Cr].[Mn].[SeH2]. The van der Waals surface area contributed by atoms with Gasteiger partial charge in [0.05, 0.1) is 0 Å². The van der Waals surface area contributed by atoms with E-state index in [0.29, 0.717) is 0 Å². The zero-order valence-corrected chi connectivity index (χ0v) is 7.21. The third-order valence-corrected chi connectivity index (χ3v) is 0. The van der Waals surface area contributed by atoms with Gasteiger partial charge in [-0.05, 0) is 0 Å². The fraction of sp³-hybridized carbons (Fsp3) is 0. The van der Waals surface area contributed by atoms with Gasteiger partial charge >= 0.3 is 17.1 Å². The maximum atomic E-state index is 0. The Morgan fingerprint density at radius 3 is 1.00 bits per heavy atom. The predicted octanol–water partition coefficient (Wildman–Crippen LogP) is -0.924. The number of hydrogen-bond donors (Lipinski definition) is 0. The molecule has 0 spiro atoms. The molecule has 0 saturated heterocycles. The van der Waals surface area contributed by atoms with Gasteiger partial charge in [0.25, 0.3) is 0 Å². The van der Waals surface area contributed by atoms with Crippen molar-refractivity contribution in [3.63, 3.8) is 0 Å². The second-order valence-corrected chi connectivity index (χ2v) is 0. The van der Waals surface area contributed by atoms with Gasteiger partial charge in [-0.25, -0.2) is 0 Å². The number of rotatable bonds is 0. The quantitative estimate of drug-likeness (QED) is 0.485. The summed E-state index contributed by atoms with van der Waals surface area (Å²) in [5.41, 5.74) is 0. The molecule has 0 bridgehead atoms. The number of hydrogen-bond acceptors (Lipinski definition) is 0. The molecule has 4 heavy (non-hydrogen) atoms. The molecule has 0 aromatic carbocycles. The van der Waals surface area contributed by atoms with E-state index < -0.39 is 0 Å². The van der Waals surface area contributed by atoms with E-state index in [1.807, 2.05) is 0 Å². The summed E-state index contributed by atoms with van der Waals surface area (Å²) in [6, 6.07) is 0. The van der Waals surface area contributed by atoms with Crippen molar-refractivity contribution in [2.75, 3.05) is 0 Å². The summed E-state index contributed by atoms with van der Waals surface area (Å²) in [5, 5.41) is 0. The maximum absolute atomic E-state index is 0. The van der Waals surface area contributed by atoms with Crippen LogP contribution in [0.3, 0.4) is 0 Å². The molecule has 0 aliphatic heterocycles. The molecule has 0 aromatic rings. The van der Waals surface area contributed by atoms with Crippen LogP contribution in [0.4, 0.5) is 0 Å². The first kappa shape index (κ1) is 36.3. The Morgan fingerprint density at radius 1 is 1.00 bits per heavy atom. The van der Waals surface area contributed by atoms with Crippen LogP contribution in [0, 0.1) is 0 Å².